The first-order valence-electron chi connectivity index (χ1n) is 13.2. The van der Waals surface area contributed by atoms with Crippen LogP contribution in [-0.4, -0.2) is 66.8 Å². The lowest BCUT2D eigenvalue weighted by Gasteiger charge is -2.27. The molecule has 4 amide bonds. The number of nitrogens with zero attached hydrogens (tertiary/aromatic N) is 1. The van der Waals surface area contributed by atoms with Gasteiger partial charge in [-0.25, -0.2) is 0 Å². The molecular weight excluding hydrogens is 502 g/mol. The molecule has 13 heteroatoms. The molecule has 39 heavy (non-hydrogen) atoms. The van der Waals surface area contributed by atoms with Crippen molar-refractivity contribution in [3.05, 3.63) is 35.9 Å². The van der Waals surface area contributed by atoms with Crippen molar-refractivity contribution < 1.29 is 19.2 Å². The highest BCUT2D eigenvalue weighted by atomic mass is 16.2. The van der Waals surface area contributed by atoms with E-state index in [1.165, 1.54) is 0 Å². The summed E-state index contributed by atoms with van der Waals surface area (Å²) in [6.45, 7) is 4.23. The Hall–Kier alpha value is -3.71. The van der Waals surface area contributed by atoms with Crippen LogP contribution in [0.15, 0.2) is 35.3 Å². The van der Waals surface area contributed by atoms with Gasteiger partial charge >= 0.3 is 0 Å². The van der Waals surface area contributed by atoms with E-state index in [4.69, 9.17) is 28.7 Å². The Kier molecular flexibility index (Phi) is 15.2. The summed E-state index contributed by atoms with van der Waals surface area (Å²) in [6, 6.07) is 5.56. The first kappa shape index (κ1) is 33.3. The van der Waals surface area contributed by atoms with E-state index >= 15 is 0 Å². The lowest BCUT2D eigenvalue weighted by molar-refractivity contribution is -0.134. The number of nitrogens with one attached hydrogen (secondary N) is 3. The molecule has 0 aliphatic rings. The van der Waals surface area contributed by atoms with Crippen molar-refractivity contribution in [1.82, 2.24) is 16.0 Å². The molecule has 0 saturated heterocycles. The number of unbranched alkanes of at least 4 members (excludes halogenated alkanes) is 1. The Labute approximate surface area is 230 Å². The Morgan fingerprint density at radius 2 is 1.44 bits per heavy atom. The molecule has 0 bridgehead atoms. The second-order valence-corrected chi connectivity index (χ2v) is 9.78. The number of aliphatic imine (C=N–C) groups is 1. The summed E-state index contributed by atoms with van der Waals surface area (Å²) in [5, 5.41) is 8.05. The Morgan fingerprint density at radius 3 is 2.00 bits per heavy atom. The number of hydrogen-bond donors (Lipinski definition) is 8. The number of guanidine groups is 1. The van der Waals surface area contributed by atoms with Crippen LogP contribution in [0.25, 0.3) is 0 Å². The predicted octanol–water partition coefficient (Wildman–Crippen LogP) is -1.67. The van der Waals surface area contributed by atoms with E-state index in [2.05, 4.69) is 20.9 Å². The zero-order chi connectivity index (χ0) is 29.4. The zero-order valence-corrected chi connectivity index (χ0v) is 22.9. The minimum Gasteiger partial charge on any atom is -0.370 e. The van der Waals surface area contributed by atoms with Gasteiger partial charge in [0.05, 0.1) is 6.04 Å². The fourth-order valence-corrected chi connectivity index (χ4v) is 3.84. The van der Waals surface area contributed by atoms with Crippen LogP contribution in [0.3, 0.4) is 0 Å². The van der Waals surface area contributed by atoms with E-state index in [0.29, 0.717) is 32.2 Å². The number of carbonyl (C=O) groups excluding carboxylic acids is 4. The lowest BCUT2D eigenvalue weighted by Crippen LogP contribution is -2.58. The van der Waals surface area contributed by atoms with Gasteiger partial charge in [-0.05, 0) is 56.6 Å². The molecule has 0 heterocycles. The second-order valence-electron chi connectivity index (χ2n) is 9.78. The van der Waals surface area contributed by atoms with E-state index in [-0.39, 0.29) is 31.3 Å². The number of amides is 4. The van der Waals surface area contributed by atoms with Crippen LogP contribution < -0.4 is 44.6 Å². The first-order valence-corrected chi connectivity index (χ1v) is 13.2. The number of rotatable bonds is 18. The smallest absolute Gasteiger partial charge is 0.243 e. The molecular formula is C26H45N9O4. The van der Waals surface area contributed by atoms with Crippen molar-refractivity contribution in [3.63, 3.8) is 0 Å². The Morgan fingerprint density at radius 1 is 0.821 bits per heavy atom. The predicted molar refractivity (Wildman–Crippen MR) is 151 cm³/mol. The van der Waals surface area contributed by atoms with E-state index in [9.17, 15) is 19.2 Å². The van der Waals surface area contributed by atoms with Crippen molar-refractivity contribution in [3.8, 4) is 0 Å². The highest BCUT2D eigenvalue weighted by molar-refractivity contribution is 5.94. The summed E-state index contributed by atoms with van der Waals surface area (Å²) in [5.41, 5.74) is 28.7. The third-order valence-electron chi connectivity index (χ3n) is 6.07. The van der Waals surface area contributed by atoms with Crippen LogP contribution in [0.2, 0.25) is 0 Å². The molecule has 0 radical (unpaired) electrons. The van der Waals surface area contributed by atoms with Crippen LogP contribution in [0, 0.1) is 5.92 Å². The van der Waals surface area contributed by atoms with Gasteiger partial charge in [-0.15, -0.1) is 0 Å². The lowest BCUT2D eigenvalue weighted by atomic mass is 10.00. The van der Waals surface area contributed by atoms with Gasteiger partial charge < -0.3 is 44.6 Å². The zero-order valence-electron chi connectivity index (χ0n) is 22.9. The van der Waals surface area contributed by atoms with E-state index < -0.39 is 47.8 Å². The molecule has 4 atom stereocenters. The fourth-order valence-electron chi connectivity index (χ4n) is 3.84. The maximum Gasteiger partial charge on any atom is 0.243 e. The molecule has 218 valence electrons. The number of primary amides is 1. The average molecular weight is 548 g/mol. The molecule has 0 aliphatic carbocycles. The molecule has 13 N–H and O–H groups in total. The average Bonchev–Trinajstić information content (AvgIpc) is 2.88. The normalized spacial score (nSPS) is 14.0. The topological polar surface area (TPSA) is 247 Å². The summed E-state index contributed by atoms with van der Waals surface area (Å²) in [5.74, 6) is -2.68. The third-order valence-corrected chi connectivity index (χ3v) is 6.07. The van der Waals surface area contributed by atoms with E-state index in [1.807, 2.05) is 30.3 Å². The Bertz CT molecular complexity index is 952. The molecule has 0 spiro atoms. The van der Waals surface area contributed by atoms with E-state index in [1.54, 1.807) is 13.8 Å². The number of carbonyl (C=O) groups is 4. The number of hydrogen-bond acceptors (Lipinski definition) is 7. The first-order chi connectivity index (χ1) is 18.5. The molecule has 0 unspecified atom stereocenters. The van der Waals surface area contributed by atoms with Crippen molar-refractivity contribution in [2.75, 3.05) is 13.1 Å². The maximum atomic E-state index is 13.2. The van der Waals surface area contributed by atoms with Gasteiger partial charge in [0.1, 0.15) is 18.1 Å². The molecule has 0 saturated carbocycles. The van der Waals surface area contributed by atoms with Crippen molar-refractivity contribution in [2.45, 2.75) is 76.5 Å². The van der Waals surface area contributed by atoms with Gasteiger partial charge in [0.25, 0.3) is 0 Å². The highest BCUT2D eigenvalue weighted by Gasteiger charge is 2.31. The summed E-state index contributed by atoms with van der Waals surface area (Å²) < 4.78 is 0. The van der Waals surface area contributed by atoms with Crippen molar-refractivity contribution in [2.24, 2.45) is 39.6 Å². The SMILES string of the molecule is CC(C)[C@H](NC(=O)[C@@H](N)Cc1ccccc1)C(=O)N[C@@H](CCCCN)C(=O)N[C@@H](CCCN=C(N)N)C(N)=O. The maximum absolute atomic E-state index is 13.2. The minimum atomic E-state index is -0.975. The summed E-state index contributed by atoms with van der Waals surface area (Å²) in [7, 11) is 0. The van der Waals surface area contributed by atoms with Crippen LogP contribution in [0.1, 0.15) is 51.5 Å². The van der Waals surface area contributed by atoms with E-state index in [0.717, 1.165) is 5.56 Å². The number of nitrogens with two attached hydrogens (primary N) is 5. The van der Waals surface area contributed by atoms with Crippen LogP contribution in [-0.2, 0) is 25.6 Å². The van der Waals surface area contributed by atoms with Crippen molar-refractivity contribution in [1.29, 1.82) is 0 Å². The van der Waals surface area contributed by atoms with Crippen LogP contribution in [0.5, 0.6) is 0 Å². The van der Waals surface area contributed by atoms with Crippen molar-refractivity contribution >= 4 is 29.6 Å². The van der Waals surface area contributed by atoms with Gasteiger partial charge in [-0.1, -0.05) is 44.2 Å². The third kappa shape index (κ3) is 13.1. The quantitative estimate of drug-likeness (QED) is 0.0598. The molecule has 0 aliphatic heterocycles. The monoisotopic (exact) mass is 547 g/mol. The number of benzene rings is 1. The molecule has 13 nitrogen and oxygen atoms in total. The summed E-state index contributed by atoms with van der Waals surface area (Å²) >= 11 is 0. The van der Waals surface area contributed by atoms with Gasteiger partial charge in [0, 0.05) is 6.54 Å². The molecule has 0 aromatic heterocycles. The van der Waals surface area contributed by atoms with Crippen LogP contribution >= 0.6 is 0 Å². The summed E-state index contributed by atoms with van der Waals surface area (Å²) in [6.07, 6.45) is 2.39. The standard InChI is InChI=1S/C26H45N9O4/c1-16(2)21(35-23(37)18(28)15-17-9-4-3-5-10-17)25(39)34-20(11-6-7-13-27)24(38)33-19(22(29)36)12-8-14-32-26(30)31/h3-5,9-10,16,18-21H,6-8,11-15,27-28H2,1-2H3,(H2,29,36)(H,33,38)(H,34,39)(H,35,37)(H4,30,31,32)/t18-,19-,20-,21-/m0/s1. The largest absolute Gasteiger partial charge is 0.370 e. The highest BCUT2D eigenvalue weighted by Crippen LogP contribution is 2.09. The molecule has 1 aromatic rings. The van der Waals surface area contributed by atoms with Crippen LogP contribution in [0.4, 0.5) is 0 Å². The van der Waals surface area contributed by atoms with Gasteiger partial charge in [0.2, 0.25) is 23.6 Å². The second kappa shape index (κ2) is 17.7. The molecule has 1 rings (SSSR count). The minimum absolute atomic E-state index is 0.0786. The van der Waals surface area contributed by atoms with Gasteiger partial charge in [0.15, 0.2) is 5.96 Å². The van der Waals surface area contributed by atoms with Gasteiger partial charge in [-0.3, -0.25) is 24.2 Å². The fraction of sp³-hybridized carbons (Fsp3) is 0.577. The van der Waals surface area contributed by atoms with Gasteiger partial charge in [-0.2, -0.15) is 0 Å². The molecule has 1 aromatic carbocycles. The summed E-state index contributed by atoms with van der Waals surface area (Å²) in [4.78, 5) is 54.9. The Balaban J connectivity index is 2.90. The molecule has 0 fully saturated rings.